The topological polar surface area (TPSA) is 49.4 Å². The van der Waals surface area contributed by atoms with Gasteiger partial charge in [-0.2, -0.15) is 0 Å². The molecule has 0 aromatic heterocycles. The summed E-state index contributed by atoms with van der Waals surface area (Å²) in [5, 5.41) is 3.03. The number of nitrogens with zero attached hydrogens (tertiary/aromatic N) is 1. The van der Waals surface area contributed by atoms with Gasteiger partial charge in [-0.1, -0.05) is 88.7 Å². The lowest BCUT2D eigenvalue weighted by Gasteiger charge is -2.30. The lowest BCUT2D eigenvalue weighted by atomic mass is 10.00. The van der Waals surface area contributed by atoms with E-state index in [9.17, 15) is 9.59 Å². The molecule has 0 spiro atoms. The zero-order chi connectivity index (χ0) is 23.3. The fourth-order valence-corrected chi connectivity index (χ4v) is 3.87. The number of amides is 2. The maximum absolute atomic E-state index is 13.3. The molecule has 0 unspecified atom stereocenters. The predicted octanol–water partition coefficient (Wildman–Crippen LogP) is 5.51. The van der Waals surface area contributed by atoms with Crippen LogP contribution in [-0.2, 0) is 22.4 Å². The summed E-state index contributed by atoms with van der Waals surface area (Å²) in [5.74, 6) is 0.505. The van der Waals surface area contributed by atoms with Gasteiger partial charge in [0.05, 0.1) is 0 Å². The highest BCUT2D eigenvalue weighted by Gasteiger charge is 2.27. The highest BCUT2D eigenvalue weighted by Crippen LogP contribution is 2.17. The molecule has 0 aliphatic rings. The number of aryl methyl sites for hydroxylation is 1. The van der Waals surface area contributed by atoms with Gasteiger partial charge in [0.2, 0.25) is 11.8 Å². The number of nitrogens with one attached hydrogen (secondary N) is 1. The van der Waals surface area contributed by atoms with Crippen LogP contribution in [0.3, 0.4) is 0 Å². The number of carbonyl (C=O) groups excluding carboxylic acids is 2. The minimum atomic E-state index is -0.425. The number of unbranched alkanes of at least 4 members (excludes halogenated alkanes) is 1. The van der Waals surface area contributed by atoms with Gasteiger partial charge in [-0.3, -0.25) is 9.59 Å². The first-order chi connectivity index (χ1) is 15.5. The van der Waals surface area contributed by atoms with Crippen LogP contribution in [0.5, 0.6) is 0 Å². The summed E-state index contributed by atoms with van der Waals surface area (Å²) in [4.78, 5) is 28.0. The average Bonchev–Trinajstić information content (AvgIpc) is 2.81. The summed E-state index contributed by atoms with van der Waals surface area (Å²) in [6.45, 7) is 9.66. The second-order valence-corrected chi connectivity index (χ2v) is 8.79. The van der Waals surface area contributed by atoms with E-state index in [2.05, 4.69) is 62.5 Å². The number of hydrogen-bond acceptors (Lipinski definition) is 2. The molecule has 0 bridgehead atoms. The van der Waals surface area contributed by atoms with Crippen molar-refractivity contribution in [1.82, 2.24) is 10.2 Å². The van der Waals surface area contributed by atoms with E-state index in [0.29, 0.717) is 38.3 Å². The smallest absolute Gasteiger partial charge is 0.242 e. The average molecular weight is 437 g/mol. The van der Waals surface area contributed by atoms with Crippen molar-refractivity contribution in [3.63, 3.8) is 0 Å². The molecule has 0 saturated carbocycles. The minimum Gasteiger partial charge on any atom is -0.354 e. The fraction of sp³-hybridized carbons (Fsp3) is 0.500. The van der Waals surface area contributed by atoms with E-state index in [-0.39, 0.29) is 11.8 Å². The van der Waals surface area contributed by atoms with E-state index in [0.717, 1.165) is 24.8 Å². The van der Waals surface area contributed by atoms with Crippen molar-refractivity contribution in [1.29, 1.82) is 0 Å². The Morgan fingerprint density at radius 2 is 1.56 bits per heavy atom. The van der Waals surface area contributed by atoms with E-state index in [4.69, 9.17) is 0 Å². The van der Waals surface area contributed by atoms with Crippen LogP contribution in [0.25, 0.3) is 0 Å². The first-order valence-electron chi connectivity index (χ1n) is 12.2. The molecule has 2 aromatic rings. The molecule has 1 N–H and O–H groups in total. The van der Waals surface area contributed by atoms with Crippen LogP contribution in [0, 0.1) is 0 Å². The van der Waals surface area contributed by atoms with Crippen molar-refractivity contribution in [3.05, 3.63) is 71.3 Å². The number of hydrogen-bond donors (Lipinski definition) is 1. The fourth-order valence-electron chi connectivity index (χ4n) is 3.87. The molecule has 1 atom stereocenters. The van der Waals surface area contributed by atoms with Gasteiger partial charge in [-0.25, -0.2) is 0 Å². The summed E-state index contributed by atoms with van der Waals surface area (Å²) in [6.07, 6.45) is 4.44. The SMILES string of the molecule is CCCCNC(=O)[C@H](CC)N(CCc1ccccc1)C(=O)CCc1ccc(C(C)C)cc1. The zero-order valence-corrected chi connectivity index (χ0v) is 20.3. The van der Waals surface area contributed by atoms with E-state index < -0.39 is 6.04 Å². The van der Waals surface area contributed by atoms with Crippen molar-refractivity contribution in [2.75, 3.05) is 13.1 Å². The van der Waals surface area contributed by atoms with Crippen molar-refractivity contribution in [3.8, 4) is 0 Å². The van der Waals surface area contributed by atoms with E-state index in [1.165, 1.54) is 11.1 Å². The quantitative estimate of drug-likeness (QED) is 0.421. The van der Waals surface area contributed by atoms with Crippen molar-refractivity contribution in [2.45, 2.75) is 78.2 Å². The Kier molecular flexibility index (Phi) is 11.0. The third-order valence-corrected chi connectivity index (χ3v) is 5.97. The monoisotopic (exact) mass is 436 g/mol. The van der Waals surface area contributed by atoms with E-state index >= 15 is 0 Å². The van der Waals surface area contributed by atoms with Crippen LogP contribution in [-0.4, -0.2) is 35.8 Å². The Morgan fingerprint density at radius 3 is 2.16 bits per heavy atom. The van der Waals surface area contributed by atoms with Crippen LogP contribution < -0.4 is 5.32 Å². The molecule has 4 nitrogen and oxygen atoms in total. The van der Waals surface area contributed by atoms with E-state index in [1.807, 2.05) is 25.1 Å². The van der Waals surface area contributed by atoms with Gasteiger partial charge >= 0.3 is 0 Å². The number of benzene rings is 2. The second kappa shape index (κ2) is 13.7. The lowest BCUT2D eigenvalue weighted by Crippen LogP contribution is -2.50. The molecule has 174 valence electrons. The van der Waals surface area contributed by atoms with Crippen LogP contribution in [0.1, 0.15) is 76.0 Å². The van der Waals surface area contributed by atoms with Crippen molar-refractivity contribution >= 4 is 11.8 Å². The van der Waals surface area contributed by atoms with Crippen LogP contribution in [0.2, 0.25) is 0 Å². The third-order valence-electron chi connectivity index (χ3n) is 5.97. The predicted molar refractivity (Wildman–Crippen MR) is 133 cm³/mol. The van der Waals surface area contributed by atoms with Gasteiger partial charge in [0.1, 0.15) is 6.04 Å². The first kappa shape index (κ1) is 25.6. The molecule has 0 fully saturated rings. The van der Waals surface area contributed by atoms with E-state index in [1.54, 1.807) is 4.90 Å². The molecule has 2 rings (SSSR count). The molecule has 0 radical (unpaired) electrons. The Morgan fingerprint density at radius 1 is 0.906 bits per heavy atom. The molecular formula is C28H40N2O2. The molecule has 2 aromatic carbocycles. The molecule has 32 heavy (non-hydrogen) atoms. The summed E-state index contributed by atoms with van der Waals surface area (Å²) in [7, 11) is 0. The van der Waals surface area contributed by atoms with Gasteiger partial charge in [0, 0.05) is 19.5 Å². The zero-order valence-electron chi connectivity index (χ0n) is 20.3. The molecular weight excluding hydrogens is 396 g/mol. The summed E-state index contributed by atoms with van der Waals surface area (Å²) < 4.78 is 0. The molecule has 0 aliphatic carbocycles. The molecule has 0 heterocycles. The lowest BCUT2D eigenvalue weighted by molar-refractivity contribution is -0.140. The van der Waals surface area contributed by atoms with Gasteiger partial charge in [0.15, 0.2) is 0 Å². The summed E-state index contributed by atoms with van der Waals surface area (Å²) in [6, 6.07) is 18.3. The van der Waals surface area contributed by atoms with Crippen LogP contribution in [0.15, 0.2) is 54.6 Å². The maximum atomic E-state index is 13.3. The Hall–Kier alpha value is -2.62. The van der Waals surface area contributed by atoms with Gasteiger partial charge in [-0.15, -0.1) is 0 Å². The van der Waals surface area contributed by atoms with Crippen molar-refractivity contribution in [2.24, 2.45) is 0 Å². The second-order valence-electron chi connectivity index (χ2n) is 8.79. The Bertz CT molecular complexity index is 815. The van der Waals surface area contributed by atoms with Gasteiger partial charge < -0.3 is 10.2 Å². The molecule has 4 heteroatoms. The Balaban J connectivity index is 2.08. The summed E-state index contributed by atoms with van der Waals surface area (Å²) in [5.41, 5.74) is 3.64. The van der Waals surface area contributed by atoms with Crippen LogP contribution in [0.4, 0.5) is 0 Å². The molecule has 2 amide bonds. The molecule has 0 aliphatic heterocycles. The highest BCUT2D eigenvalue weighted by molar-refractivity contribution is 5.87. The van der Waals surface area contributed by atoms with Crippen LogP contribution >= 0.6 is 0 Å². The molecule has 0 saturated heterocycles. The number of rotatable bonds is 13. The largest absolute Gasteiger partial charge is 0.354 e. The normalized spacial score (nSPS) is 11.9. The highest BCUT2D eigenvalue weighted by atomic mass is 16.2. The minimum absolute atomic E-state index is 0.0383. The number of carbonyl (C=O) groups is 2. The third kappa shape index (κ3) is 8.14. The summed E-state index contributed by atoms with van der Waals surface area (Å²) >= 11 is 0. The first-order valence-corrected chi connectivity index (χ1v) is 12.2. The Labute approximate surface area is 194 Å². The standard InChI is InChI=1S/C28H40N2O2/c1-5-7-20-29-28(32)26(6-2)30(21-19-23-11-9-8-10-12-23)27(31)18-15-24-13-16-25(17-14-24)22(3)4/h8-14,16-17,22,26H,5-7,15,18-21H2,1-4H3,(H,29,32)/t26-/m0/s1. The van der Waals surface area contributed by atoms with Gasteiger partial charge in [0.25, 0.3) is 0 Å². The van der Waals surface area contributed by atoms with Gasteiger partial charge in [-0.05, 0) is 48.3 Å². The van der Waals surface area contributed by atoms with Crippen molar-refractivity contribution < 1.29 is 9.59 Å². The maximum Gasteiger partial charge on any atom is 0.242 e.